The van der Waals surface area contributed by atoms with Crippen LogP contribution in [-0.2, 0) is 28.9 Å². The van der Waals surface area contributed by atoms with Gasteiger partial charge in [0.25, 0.3) is 0 Å². The molecule has 22 heavy (non-hydrogen) atoms. The summed E-state index contributed by atoms with van der Waals surface area (Å²) in [6.07, 6.45) is 3.02. The molecule has 0 amide bonds. The van der Waals surface area contributed by atoms with Crippen molar-refractivity contribution in [3.05, 3.63) is 70.8 Å². The van der Waals surface area contributed by atoms with Crippen molar-refractivity contribution < 1.29 is 14.7 Å². The van der Waals surface area contributed by atoms with Crippen LogP contribution < -0.4 is 0 Å². The predicted molar refractivity (Wildman–Crippen MR) is 80.7 cm³/mol. The Hall–Kier alpha value is -3.00. The Balaban J connectivity index is 1.95. The number of carboxylic acids is 1. The van der Waals surface area contributed by atoms with Crippen LogP contribution in [0.4, 0.5) is 5.69 Å². The molecule has 0 fully saturated rings. The van der Waals surface area contributed by atoms with Crippen LogP contribution in [0.3, 0.4) is 0 Å². The second kappa shape index (κ2) is 7.14. The molecule has 0 spiro atoms. The highest BCUT2D eigenvalue weighted by Gasteiger charge is 2.12. The quantitative estimate of drug-likeness (QED) is 0.656. The van der Waals surface area contributed by atoms with Crippen LogP contribution in [0, 0.1) is 6.57 Å². The van der Waals surface area contributed by atoms with E-state index in [2.05, 4.69) is 9.83 Å². The van der Waals surface area contributed by atoms with Gasteiger partial charge in [-0.1, -0.05) is 35.9 Å². The third kappa shape index (κ3) is 4.25. The summed E-state index contributed by atoms with van der Waals surface area (Å²) in [6, 6.07) is 11.0. The number of pyridine rings is 1. The number of nitrogens with zero attached hydrogens (tertiary/aromatic N) is 2. The van der Waals surface area contributed by atoms with Gasteiger partial charge in [0, 0.05) is 11.9 Å². The number of carbonyl (C=O) groups is 2. The van der Waals surface area contributed by atoms with Gasteiger partial charge in [-0.25, -0.2) is 9.64 Å². The number of benzene rings is 1. The van der Waals surface area contributed by atoms with Crippen molar-refractivity contribution in [2.75, 3.05) is 0 Å². The number of Topliss-reactive ketones (excluding diaryl/α,β-unsaturated/α-hetero) is 1. The fourth-order valence-corrected chi connectivity index (χ4v) is 2.02. The molecule has 0 unspecified atom stereocenters. The average Bonchev–Trinajstić information content (AvgIpc) is 2.54. The average molecular weight is 294 g/mol. The minimum Gasteiger partial charge on any atom is -0.475 e. The van der Waals surface area contributed by atoms with Crippen LogP contribution in [0.5, 0.6) is 0 Å². The van der Waals surface area contributed by atoms with Gasteiger partial charge in [-0.05, 0) is 24.5 Å². The van der Waals surface area contributed by atoms with Crippen molar-refractivity contribution in [3.8, 4) is 0 Å². The van der Waals surface area contributed by atoms with Gasteiger partial charge in [-0.3, -0.25) is 9.78 Å². The Morgan fingerprint density at radius 1 is 1.14 bits per heavy atom. The lowest BCUT2D eigenvalue weighted by atomic mass is 10.0. The number of hydrogen-bond donors (Lipinski definition) is 1. The number of hydrogen-bond acceptors (Lipinski definition) is 3. The molecule has 0 aliphatic rings. The van der Waals surface area contributed by atoms with E-state index in [-0.39, 0.29) is 6.42 Å². The molecule has 1 aromatic heterocycles. The topological polar surface area (TPSA) is 71.6 Å². The SMILES string of the molecule is [C-]#[N+]c1cccc(CCc2ccc(CC(=O)C(=O)O)nc2)c1. The third-order valence-electron chi connectivity index (χ3n) is 3.21. The van der Waals surface area contributed by atoms with E-state index in [4.69, 9.17) is 11.7 Å². The van der Waals surface area contributed by atoms with E-state index in [0.29, 0.717) is 11.4 Å². The number of carbonyl (C=O) groups excluding carboxylic acids is 1. The Morgan fingerprint density at radius 2 is 1.91 bits per heavy atom. The van der Waals surface area contributed by atoms with Gasteiger partial charge in [0.1, 0.15) is 0 Å². The fourth-order valence-electron chi connectivity index (χ4n) is 2.02. The van der Waals surface area contributed by atoms with E-state index < -0.39 is 11.8 Å². The largest absolute Gasteiger partial charge is 0.475 e. The molecule has 0 saturated carbocycles. The standard InChI is InChI=1S/C17H14N2O3/c1-18-14-4-2-3-12(9-14)5-6-13-7-8-15(19-11-13)10-16(20)17(21)22/h2-4,7-9,11H,5-6,10H2,(H,21,22). The van der Waals surface area contributed by atoms with E-state index in [1.807, 2.05) is 24.3 Å². The molecule has 110 valence electrons. The molecule has 5 nitrogen and oxygen atoms in total. The lowest BCUT2D eigenvalue weighted by Crippen LogP contribution is -2.15. The minimum atomic E-state index is -1.44. The van der Waals surface area contributed by atoms with Crippen molar-refractivity contribution in [1.82, 2.24) is 4.98 Å². The van der Waals surface area contributed by atoms with Crippen molar-refractivity contribution in [2.24, 2.45) is 0 Å². The maximum atomic E-state index is 11.1. The first kappa shape index (κ1) is 15.4. The second-order valence-electron chi connectivity index (χ2n) is 4.84. The fraction of sp³-hybridized carbons (Fsp3) is 0.176. The molecule has 1 heterocycles. The van der Waals surface area contributed by atoms with Gasteiger partial charge in [-0.15, -0.1) is 0 Å². The first-order valence-electron chi connectivity index (χ1n) is 6.75. The number of aromatic nitrogens is 1. The van der Waals surface area contributed by atoms with Gasteiger partial charge in [0.2, 0.25) is 5.78 Å². The molecular formula is C17H14N2O3. The van der Waals surface area contributed by atoms with Crippen LogP contribution >= 0.6 is 0 Å². The van der Waals surface area contributed by atoms with Crippen LogP contribution in [0.25, 0.3) is 4.85 Å². The normalized spacial score (nSPS) is 9.95. The first-order valence-corrected chi connectivity index (χ1v) is 6.75. The summed E-state index contributed by atoms with van der Waals surface area (Å²) in [5.41, 5.74) is 3.16. The van der Waals surface area contributed by atoms with Gasteiger partial charge in [0.15, 0.2) is 5.69 Å². The maximum Gasteiger partial charge on any atom is 0.372 e. The zero-order valence-corrected chi connectivity index (χ0v) is 11.8. The number of ketones is 1. The lowest BCUT2D eigenvalue weighted by Gasteiger charge is -2.04. The van der Waals surface area contributed by atoms with Crippen LogP contribution in [0.1, 0.15) is 16.8 Å². The lowest BCUT2D eigenvalue weighted by molar-refractivity contribution is -0.148. The van der Waals surface area contributed by atoms with E-state index in [9.17, 15) is 9.59 Å². The van der Waals surface area contributed by atoms with Gasteiger partial charge >= 0.3 is 5.97 Å². The van der Waals surface area contributed by atoms with Crippen molar-refractivity contribution in [3.63, 3.8) is 0 Å². The van der Waals surface area contributed by atoms with E-state index in [1.165, 1.54) is 0 Å². The zero-order chi connectivity index (χ0) is 15.9. The molecular weight excluding hydrogens is 280 g/mol. The molecule has 0 aliphatic heterocycles. The number of rotatable bonds is 6. The molecule has 5 heteroatoms. The van der Waals surface area contributed by atoms with Crippen molar-refractivity contribution >= 4 is 17.4 Å². The number of aryl methyl sites for hydroxylation is 2. The van der Waals surface area contributed by atoms with Crippen LogP contribution in [0.2, 0.25) is 0 Å². The molecule has 1 aromatic carbocycles. The van der Waals surface area contributed by atoms with Gasteiger partial charge in [-0.2, -0.15) is 0 Å². The molecule has 0 saturated heterocycles. The second-order valence-corrected chi connectivity index (χ2v) is 4.84. The molecule has 2 aromatic rings. The van der Waals surface area contributed by atoms with Crippen LogP contribution in [-0.4, -0.2) is 21.8 Å². The summed E-state index contributed by atoms with van der Waals surface area (Å²) < 4.78 is 0. The zero-order valence-electron chi connectivity index (χ0n) is 11.8. The molecule has 0 radical (unpaired) electrons. The summed E-state index contributed by atoms with van der Waals surface area (Å²) in [6.45, 7) is 6.99. The highest BCUT2D eigenvalue weighted by Crippen LogP contribution is 2.15. The Bertz CT molecular complexity index is 730. The predicted octanol–water partition coefficient (Wildman–Crippen LogP) is 2.61. The highest BCUT2D eigenvalue weighted by atomic mass is 16.4. The Labute approximate surface area is 128 Å². The Morgan fingerprint density at radius 3 is 2.55 bits per heavy atom. The monoisotopic (exact) mass is 294 g/mol. The molecule has 0 aliphatic carbocycles. The van der Waals surface area contributed by atoms with Crippen molar-refractivity contribution in [2.45, 2.75) is 19.3 Å². The smallest absolute Gasteiger partial charge is 0.372 e. The molecule has 1 N–H and O–H groups in total. The van der Waals surface area contributed by atoms with Crippen LogP contribution in [0.15, 0.2) is 42.6 Å². The third-order valence-corrected chi connectivity index (χ3v) is 3.21. The number of carboxylic acid groups (broad SMARTS) is 1. The van der Waals surface area contributed by atoms with E-state index in [1.54, 1.807) is 18.3 Å². The van der Waals surface area contributed by atoms with E-state index in [0.717, 1.165) is 24.0 Å². The molecule has 0 bridgehead atoms. The van der Waals surface area contributed by atoms with Gasteiger partial charge < -0.3 is 5.11 Å². The first-order chi connectivity index (χ1) is 10.6. The molecule has 0 atom stereocenters. The summed E-state index contributed by atoms with van der Waals surface area (Å²) >= 11 is 0. The maximum absolute atomic E-state index is 11.1. The summed E-state index contributed by atoms with van der Waals surface area (Å²) in [5.74, 6) is -2.30. The summed E-state index contributed by atoms with van der Waals surface area (Å²) in [5, 5.41) is 8.55. The Kier molecular flexibility index (Phi) is 4.99. The number of aliphatic carboxylic acids is 1. The van der Waals surface area contributed by atoms with E-state index >= 15 is 0 Å². The van der Waals surface area contributed by atoms with Gasteiger partial charge in [0.05, 0.1) is 13.0 Å². The minimum absolute atomic E-state index is 0.192. The molecule has 2 rings (SSSR count). The summed E-state index contributed by atoms with van der Waals surface area (Å²) in [4.78, 5) is 29.1. The summed E-state index contributed by atoms with van der Waals surface area (Å²) in [7, 11) is 0. The van der Waals surface area contributed by atoms with Crippen molar-refractivity contribution in [1.29, 1.82) is 0 Å². The highest BCUT2D eigenvalue weighted by molar-refractivity contribution is 6.33.